The minimum Gasteiger partial charge on any atom is -0.309 e. The third-order valence-corrected chi connectivity index (χ3v) is 13.6. The summed E-state index contributed by atoms with van der Waals surface area (Å²) in [6.45, 7) is 4.72. The first kappa shape index (κ1) is 37.2. The highest BCUT2D eigenvalue weighted by atomic mass is 15.2. The number of nitrogens with zero attached hydrogens (tertiary/aromatic N) is 5. The smallest absolute Gasteiger partial charge is 0.238 e. The molecular weight excluding hydrogens is 791 g/mol. The second-order valence-corrected chi connectivity index (χ2v) is 17.6. The molecule has 0 aliphatic heterocycles. The average Bonchev–Trinajstić information content (AvgIpc) is 3.96. The van der Waals surface area contributed by atoms with Gasteiger partial charge in [0.05, 0.1) is 22.1 Å². The molecule has 9 aromatic carbocycles. The maximum atomic E-state index is 5.19. The van der Waals surface area contributed by atoms with Gasteiger partial charge in [-0.15, -0.1) is 0 Å². The first-order chi connectivity index (χ1) is 32.0. The monoisotopic (exact) mass is 831 g/mol. The van der Waals surface area contributed by atoms with Crippen molar-refractivity contribution in [2.75, 3.05) is 0 Å². The van der Waals surface area contributed by atoms with E-state index in [-0.39, 0.29) is 5.41 Å². The lowest BCUT2D eigenvalue weighted by Crippen LogP contribution is -2.14. The first-order valence-electron chi connectivity index (χ1n) is 22.3. The van der Waals surface area contributed by atoms with E-state index < -0.39 is 0 Å². The van der Waals surface area contributed by atoms with Gasteiger partial charge in [-0.05, 0) is 99.1 Å². The van der Waals surface area contributed by atoms with Gasteiger partial charge in [0.15, 0.2) is 11.6 Å². The topological polar surface area (TPSA) is 48.5 Å². The Balaban J connectivity index is 1.07. The lowest BCUT2D eigenvalue weighted by atomic mass is 9.81. The van der Waals surface area contributed by atoms with Gasteiger partial charge in [-0.2, -0.15) is 9.97 Å². The van der Waals surface area contributed by atoms with Crippen LogP contribution in [0.1, 0.15) is 25.0 Å². The van der Waals surface area contributed by atoms with Gasteiger partial charge in [0.2, 0.25) is 5.95 Å². The molecule has 13 rings (SSSR count). The van der Waals surface area contributed by atoms with Gasteiger partial charge >= 0.3 is 0 Å². The van der Waals surface area contributed by atoms with E-state index in [1.165, 1.54) is 60.8 Å². The van der Waals surface area contributed by atoms with Crippen LogP contribution in [0.5, 0.6) is 0 Å². The van der Waals surface area contributed by atoms with Crippen LogP contribution in [-0.2, 0) is 5.41 Å². The van der Waals surface area contributed by atoms with Crippen LogP contribution in [0.3, 0.4) is 0 Å². The molecule has 0 atom stereocenters. The molecule has 0 spiro atoms. The third kappa shape index (κ3) is 5.75. The molecule has 0 N–H and O–H groups in total. The molecule has 1 aliphatic rings. The fraction of sp³-hybridized carbons (Fsp3) is 0.0500. The van der Waals surface area contributed by atoms with E-state index in [0.717, 1.165) is 44.2 Å². The molecule has 0 saturated carbocycles. The van der Waals surface area contributed by atoms with Crippen LogP contribution in [0.4, 0.5) is 0 Å². The van der Waals surface area contributed by atoms with Crippen LogP contribution < -0.4 is 0 Å². The molecular formula is C60H41N5. The summed E-state index contributed by atoms with van der Waals surface area (Å²) in [5.41, 5.74) is 17.4. The molecule has 5 heteroatoms. The van der Waals surface area contributed by atoms with E-state index >= 15 is 0 Å². The summed E-state index contributed by atoms with van der Waals surface area (Å²) < 4.78 is 4.62. The molecule has 1 aliphatic carbocycles. The minimum absolute atomic E-state index is 0.137. The maximum Gasteiger partial charge on any atom is 0.238 e. The van der Waals surface area contributed by atoms with Gasteiger partial charge in [-0.3, -0.25) is 4.57 Å². The zero-order valence-corrected chi connectivity index (χ0v) is 35.9. The van der Waals surface area contributed by atoms with Gasteiger partial charge < -0.3 is 4.57 Å². The number of benzene rings is 9. The second-order valence-electron chi connectivity index (χ2n) is 17.6. The predicted molar refractivity (Wildman–Crippen MR) is 268 cm³/mol. The lowest BCUT2D eigenvalue weighted by Gasteiger charge is -2.22. The Morgan fingerprint density at radius 1 is 0.323 bits per heavy atom. The Morgan fingerprint density at radius 2 is 0.831 bits per heavy atom. The molecule has 5 nitrogen and oxygen atoms in total. The number of rotatable bonds is 6. The quantitative estimate of drug-likeness (QED) is 0.168. The summed E-state index contributed by atoms with van der Waals surface area (Å²) in [6.07, 6.45) is 0. The highest BCUT2D eigenvalue weighted by Gasteiger charge is 2.35. The summed E-state index contributed by atoms with van der Waals surface area (Å²) in [5, 5.41) is 4.70. The zero-order valence-electron chi connectivity index (χ0n) is 35.9. The van der Waals surface area contributed by atoms with Crippen molar-refractivity contribution >= 4 is 43.6 Å². The van der Waals surface area contributed by atoms with Gasteiger partial charge in [-0.1, -0.05) is 172 Å². The highest BCUT2D eigenvalue weighted by molar-refractivity contribution is 6.14. The number of hydrogen-bond acceptors (Lipinski definition) is 3. The zero-order chi connectivity index (χ0) is 43.2. The molecule has 0 radical (unpaired) electrons. The molecule has 0 saturated heterocycles. The highest BCUT2D eigenvalue weighted by Crippen LogP contribution is 2.51. The summed E-state index contributed by atoms with van der Waals surface area (Å²) in [7, 11) is 0. The Hall–Kier alpha value is -8.41. The van der Waals surface area contributed by atoms with Crippen molar-refractivity contribution in [1.82, 2.24) is 24.1 Å². The lowest BCUT2D eigenvalue weighted by molar-refractivity contribution is 0.660. The number of hydrogen-bond donors (Lipinski definition) is 0. The summed E-state index contributed by atoms with van der Waals surface area (Å²) >= 11 is 0. The van der Waals surface area contributed by atoms with Crippen LogP contribution in [0.25, 0.3) is 111 Å². The number of para-hydroxylation sites is 3. The summed E-state index contributed by atoms with van der Waals surface area (Å²) in [4.78, 5) is 15.4. The van der Waals surface area contributed by atoms with Crippen molar-refractivity contribution < 1.29 is 0 Å². The van der Waals surface area contributed by atoms with Crippen LogP contribution in [0.15, 0.2) is 212 Å². The Bertz CT molecular complexity index is 3790. The average molecular weight is 832 g/mol. The standard InChI is InChI=1S/C60H41N5/c1-60(2)51-27-15-12-24-43(51)44-32-30-41(35-52(44)60)48-37-56-50(46-26-13-16-28-53(46)64(56)42-22-10-5-11-23-42)36-47(48)40-31-33-55-49(34-40)45-25-14-17-29-54(45)65(55)59-62-57(38-18-6-3-7-19-38)61-58(63-59)39-20-8-4-9-21-39/h3-37H,1-2H3. The normalized spacial score (nSPS) is 12.9. The molecule has 306 valence electrons. The van der Waals surface area contributed by atoms with Crippen LogP contribution in [-0.4, -0.2) is 24.1 Å². The summed E-state index contributed by atoms with van der Waals surface area (Å²) in [6, 6.07) is 76.3. The molecule has 0 amide bonds. The molecule has 65 heavy (non-hydrogen) atoms. The Morgan fingerprint density at radius 3 is 1.52 bits per heavy atom. The first-order valence-corrected chi connectivity index (χ1v) is 22.3. The fourth-order valence-corrected chi connectivity index (χ4v) is 10.5. The SMILES string of the molecule is CC1(C)c2ccccc2-c2ccc(-c3cc4c(cc3-c3ccc5c(c3)c3ccccc3n5-c3nc(-c5ccccc5)nc(-c5ccccc5)n3)c3ccccc3n4-c3ccccc3)cc21. The Labute approximate surface area is 376 Å². The number of fused-ring (bicyclic) bond motifs is 9. The van der Waals surface area contributed by atoms with E-state index in [0.29, 0.717) is 17.6 Å². The molecule has 12 aromatic rings. The van der Waals surface area contributed by atoms with E-state index in [9.17, 15) is 0 Å². The van der Waals surface area contributed by atoms with Gasteiger partial charge in [0, 0.05) is 43.8 Å². The molecule has 3 heterocycles. The van der Waals surface area contributed by atoms with Gasteiger partial charge in [-0.25, -0.2) is 4.98 Å². The molecule has 0 bridgehead atoms. The van der Waals surface area contributed by atoms with Crippen LogP contribution >= 0.6 is 0 Å². The van der Waals surface area contributed by atoms with E-state index in [1.807, 2.05) is 36.4 Å². The van der Waals surface area contributed by atoms with Crippen LogP contribution in [0.2, 0.25) is 0 Å². The van der Waals surface area contributed by atoms with Crippen LogP contribution in [0, 0.1) is 0 Å². The second kappa shape index (κ2) is 14.3. The predicted octanol–water partition coefficient (Wildman–Crippen LogP) is 15.0. The maximum absolute atomic E-state index is 5.19. The van der Waals surface area contributed by atoms with E-state index in [2.05, 4.69) is 199 Å². The van der Waals surface area contributed by atoms with E-state index in [4.69, 9.17) is 15.0 Å². The van der Waals surface area contributed by atoms with Crippen molar-refractivity contribution in [3.63, 3.8) is 0 Å². The molecule has 0 fully saturated rings. The van der Waals surface area contributed by atoms with Crippen molar-refractivity contribution in [2.24, 2.45) is 0 Å². The van der Waals surface area contributed by atoms with Crippen molar-refractivity contribution in [2.45, 2.75) is 19.3 Å². The molecule has 3 aromatic heterocycles. The summed E-state index contributed by atoms with van der Waals surface area (Å²) in [5.74, 6) is 1.84. The fourth-order valence-electron chi connectivity index (χ4n) is 10.5. The largest absolute Gasteiger partial charge is 0.309 e. The Kier molecular flexibility index (Phi) is 8.18. The van der Waals surface area contributed by atoms with Crippen molar-refractivity contribution in [3.05, 3.63) is 223 Å². The molecule has 0 unspecified atom stereocenters. The third-order valence-electron chi connectivity index (χ3n) is 13.6. The van der Waals surface area contributed by atoms with Crippen molar-refractivity contribution in [3.8, 4) is 67.8 Å². The van der Waals surface area contributed by atoms with Crippen molar-refractivity contribution in [1.29, 1.82) is 0 Å². The van der Waals surface area contributed by atoms with Gasteiger partial charge in [0.1, 0.15) is 0 Å². The minimum atomic E-state index is -0.137. The number of aromatic nitrogens is 5. The van der Waals surface area contributed by atoms with Gasteiger partial charge in [0.25, 0.3) is 0 Å². The van der Waals surface area contributed by atoms with E-state index in [1.54, 1.807) is 0 Å².